The molecule has 0 saturated carbocycles. The molecule has 0 amide bonds. The molecule has 0 bridgehead atoms. The van der Waals surface area contributed by atoms with Crippen molar-refractivity contribution in [2.24, 2.45) is 5.92 Å². The van der Waals surface area contributed by atoms with Gasteiger partial charge in [-0.15, -0.1) is 0 Å². The topological polar surface area (TPSA) is 81.9 Å². The lowest BCUT2D eigenvalue weighted by Crippen LogP contribution is -2.94. The van der Waals surface area contributed by atoms with Crippen molar-refractivity contribution in [3.63, 3.8) is 0 Å². The zero-order valence-corrected chi connectivity index (χ0v) is 15.3. The summed E-state index contributed by atoms with van der Waals surface area (Å²) in [5.41, 5.74) is 2.15. The fourth-order valence-electron chi connectivity index (χ4n) is 3.60. The Bertz CT molecular complexity index is 847. The smallest absolute Gasteiger partial charge is 0.126 e. The number of aromatic nitrogens is 1. The number of carbonyl (C=O) groups is 1. The van der Waals surface area contributed by atoms with Gasteiger partial charge in [0.05, 0.1) is 12.5 Å². The first-order valence-corrected chi connectivity index (χ1v) is 9.15. The second-order valence-electron chi connectivity index (χ2n) is 7.33. The minimum absolute atomic E-state index is 0.267. The summed E-state index contributed by atoms with van der Waals surface area (Å²) < 4.78 is 2.11. The Labute approximate surface area is 153 Å². The fraction of sp³-hybridized carbons (Fsp3) is 0.381. The summed E-state index contributed by atoms with van der Waals surface area (Å²) in [6.45, 7) is 4.72. The molecule has 0 saturated heterocycles. The predicted molar refractivity (Wildman–Crippen MR) is 100 cm³/mol. The Balaban J connectivity index is 1.78. The SMILES string of the molecule is CC(C)C[C@@H]([NH2+]C[C@H](O)Cn1c2ccccc2c2ccccc21)C(=O)[O-]. The van der Waals surface area contributed by atoms with E-state index in [4.69, 9.17) is 0 Å². The van der Waals surface area contributed by atoms with Crippen LogP contribution >= 0.6 is 0 Å². The van der Waals surface area contributed by atoms with Gasteiger partial charge in [0, 0.05) is 28.2 Å². The molecular weight excluding hydrogens is 328 g/mol. The van der Waals surface area contributed by atoms with Crippen molar-refractivity contribution < 1.29 is 20.3 Å². The van der Waals surface area contributed by atoms with Crippen LogP contribution in [0, 0.1) is 5.92 Å². The van der Waals surface area contributed by atoms with Crippen LogP contribution in [0.5, 0.6) is 0 Å². The van der Waals surface area contributed by atoms with Crippen molar-refractivity contribution in [2.75, 3.05) is 6.54 Å². The highest BCUT2D eigenvalue weighted by Crippen LogP contribution is 2.28. The normalized spacial score (nSPS) is 14.2. The summed E-state index contributed by atoms with van der Waals surface area (Å²) in [6.07, 6.45) is -0.118. The number of carbonyl (C=O) groups excluding carboxylic acids is 1. The molecule has 0 fully saturated rings. The van der Waals surface area contributed by atoms with Gasteiger partial charge in [0.15, 0.2) is 0 Å². The van der Waals surface area contributed by atoms with Gasteiger partial charge in [0.1, 0.15) is 18.7 Å². The maximum atomic E-state index is 11.3. The van der Waals surface area contributed by atoms with Crippen LogP contribution in [-0.2, 0) is 11.3 Å². The van der Waals surface area contributed by atoms with E-state index >= 15 is 0 Å². The van der Waals surface area contributed by atoms with Crippen LogP contribution in [0.15, 0.2) is 48.5 Å². The molecule has 0 spiro atoms. The van der Waals surface area contributed by atoms with Crippen LogP contribution < -0.4 is 10.4 Å². The highest BCUT2D eigenvalue weighted by molar-refractivity contribution is 6.07. The third-order valence-electron chi connectivity index (χ3n) is 4.79. The number of aliphatic hydroxyl groups is 1. The monoisotopic (exact) mass is 354 g/mol. The zero-order chi connectivity index (χ0) is 18.7. The lowest BCUT2D eigenvalue weighted by molar-refractivity contribution is -0.690. The van der Waals surface area contributed by atoms with Crippen LogP contribution in [0.4, 0.5) is 0 Å². The average molecular weight is 354 g/mol. The van der Waals surface area contributed by atoms with Gasteiger partial charge in [-0.3, -0.25) is 0 Å². The minimum atomic E-state index is -1.07. The first-order valence-electron chi connectivity index (χ1n) is 9.15. The lowest BCUT2D eigenvalue weighted by atomic mass is 10.0. The van der Waals surface area contributed by atoms with E-state index in [1.165, 1.54) is 0 Å². The van der Waals surface area contributed by atoms with Crippen molar-refractivity contribution in [3.05, 3.63) is 48.5 Å². The summed E-state index contributed by atoms with van der Waals surface area (Å²) in [5.74, 6) is -0.800. The third-order valence-corrected chi connectivity index (χ3v) is 4.79. The first-order chi connectivity index (χ1) is 12.5. The van der Waals surface area contributed by atoms with Gasteiger partial charge >= 0.3 is 0 Å². The molecule has 1 heterocycles. The van der Waals surface area contributed by atoms with Crippen LogP contribution in [0.25, 0.3) is 21.8 Å². The van der Waals surface area contributed by atoms with E-state index < -0.39 is 18.1 Å². The summed E-state index contributed by atoms with van der Waals surface area (Å²) in [4.78, 5) is 11.3. The standard InChI is InChI=1S/C21H26N2O3/c1-14(2)11-18(21(25)26)22-12-15(24)13-23-19-9-5-3-7-16(19)17-8-4-6-10-20(17)23/h3-10,14-15,18,22,24H,11-13H2,1-2H3,(H,25,26)/t15-,18+/m0/s1. The number of nitrogens with zero attached hydrogens (tertiary/aromatic N) is 1. The Hall–Kier alpha value is -2.37. The summed E-state index contributed by atoms with van der Waals surface area (Å²) in [5, 5.41) is 25.8. The Morgan fingerprint density at radius 1 is 1.08 bits per heavy atom. The fourth-order valence-corrected chi connectivity index (χ4v) is 3.60. The van der Waals surface area contributed by atoms with Crippen molar-refractivity contribution in [1.82, 2.24) is 4.57 Å². The number of aliphatic carboxylic acids is 1. The third kappa shape index (κ3) is 3.89. The summed E-state index contributed by atoms with van der Waals surface area (Å²) in [6, 6.07) is 15.7. The van der Waals surface area contributed by atoms with Gasteiger partial charge < -0.3 is 24.9 Å². The van der Waals surface area contributed by atoms with Gasteiger partial charge in [-0.25, -0.2) is 0 Å². The van der Waals surface area contributed by atoms with E-state index in [-0.39, 0.29) is 5.92 Å². The maximum absolute atomic E-state index is 11.3. The van der Waals surface area contributed by atoms with Gasteiger partial charge in [-0.1, -0.05) is 50.2 Å². The Morgan fingerprint density at radius 3 is 2.12 bits per heavy atom. The molecule has 1 aromatic heterocycles. The van der Waals surface area contributed by atoms with E-state index in [9.17, 15) is 15.0 Å². The molecule has 2 aromatic carbocycles. The number of nitrogens with two attached hydrogens (primary N) is 1. The number of carboxylic acid groups (broad SMARTS) is 1. The van der Waals surface area contributed by atoms with E-state index in [0.717, 1.165) is 21.8 Å². The molecule has 0 aliphatic carbocycles. The minimum Gasteiger partial charge on any atom is -0.544 e. The number of quaternary nitrogens is 1. The Morgan fingerprint density at radius 2 is 1.62 bits per heavy atom. The van der Waals surface area contributed by atoms with Crippen LogP contribution in [0.3, 0.4) is 0 Å². The molecular formula is C21H26N2O3. The number of aliphatic hydroxyl groups excluding tert-OH is 1. The van der Waals surface area contributed by atoms with Crippen molar-refractivity contribution >= 4 is 27.8 Å². The summed E-state index contributed by atoms with van der Waals surface area (Å²) in [7, 11) is 0. The molecule has 3 aromatic rings. The second-order valence-corrected chi connectivity index (χ2v) is 7.33. The number of fused-ring (bicyclic) bond motifs is 3. The van der Waals surface area contributed by atoms with Gasteiger partial charge in [-0.2, -0.15) is 0 Å². The van der Waals surface area contributed by atoms with E-state index in [0.29, 0.717) is 19.5 Å². The molecule has 3 N–H and O–H groups in total. The molecule has 0 aliphatic heterocycles. The molecule has 5 nitrogen and oxygen atoms in total. The molecule has 3 rings (SSSR count). The molecule has 26 heavy (non-hydrogen) atoms. The van der Waals surface area contributed by atoms with Crippen LogP contribution in [0.1, 0.15) is 20.3 Å². The Kier molecular flexibility index (Phi) is 5.59. The molecule has 0 radical (unpaired) electrons. The van der Waals surface area contributed by atoms with Crippen molar-refractivity contribution in [2.45, 2.75) is 39.0 Å². The maximum Gasteiger partial charge on any atom is 0.126 e. The van der Waals surface area contributed by atoms with Crippen LogP contribution in [-0.4, -0.2) is 34.3 Å². The number of para-hydroxylation sites is 2. The molecule has 0 unspecified atom stereocenters. The largest absolute Gasteiger partial charge is 0.544 e. The predicted octanol–water partition coefficient (Wildman–Crippen LogP) is 0.883. The molecule has 5 heteroatoms. The number of carboxylic acids is 1. The van der Waals surface area contributed by atoms with E-state index in [1.54, 1.807) is 5.32 Å². The summed E-state index contributed by atoms with van der Waals surface area (Å²) >= 11 is 0. The number of rotatable bonds is 8. The number of hydrogen-bond donors (Lipinski definition) is 2. The number of benzene rings is 2. The van der Waals surface area contributed by atoms with Gasteiger partial charge in [0.25, 0.3) is 0 Å². The van der Waals surface area contributed by atoms with Crippen molar-refractivity contribution in [1.29, 1.82) is 0 Å². The molecule has 138 valence electrons. The lowest BCUT2D eigenvalue weighted by Gasteiger charge is -2.20. The van der Waals surface area contributed by atoms with E-state index in [2.05, 4.69) is 28.8 Å². The van der Waals surface area contributed by atoms with Crippen molar-refractivity contribution in [3.8, 4) is 0 Å². The van der Waals surface area contributed by atoms with E-state index in [1.807, 2.05) is 38.1 Å². The average Bonchev–Trinajstić information content (AvgIpc) is 2.93. The van der Waals surface area contributed by atoms with Crippen LogP contribution in [0.2, 0.25) is 0 Å². The van der Waals surface area contributed by atoms with Gasteiger partial charge in [0.2, 0.25) is 0 Å². The number of hydrogen-bond acceptors (Lipinski definition) is 3. The quantitative estimate of drug-likeness (QED) is 0.630. The first kappa shape index (κ1) is 18.4. The highest BCUT2D eigenvalue weighted by Gasteiger charge is 2.19. The highest BCUT2D eigenvalue weighted by atomic mass is 16.4. The molecule has 0 aliphatic rings. The van der Waals surface area contributed by atoms with Gasteiger partial charge in [-0.05, 0) is 18.1 Å². The second kappa shape index (κ2) is 7.89. The zero-order valence-electron chi connectivity index (χ0n) is 15.3. The molecule has 2 atom stereocenters.